The number of halogens is 6. The van der Waals surface area contributed by atoms with Gasteiger partial charge < -0.3 is 16.2 Å². The molecule has 6 nitrogen and oxygen atoms in total. The molecule has 1 heterocycles. The van der Waals surface area contributed by atoms with Gasteiger partial charge in [0.05, 0.1) is 0 Å². The van der Waals surface area contributed by atoms with Crippen molar-refractivity contribution in [3.8, 4) is 0 Å². The molecule has 1 aromatic heterocycles. The second-order valence-corrected chi connectivity index (χ2v) is 5.24. The van der Waals surface area contributed by atoms with Gasteiger partial charge in [-0.15, -0.1) is 0 Å². The fourth-order valence-electron chi connectivity index (χ4n) is 1.98. The summed E-state index contributed by atoms with van der Waals surface area (Å²) >= 11 is 0. The van der Waals surface area contributed by atoms with E-state index in [1.807, 2.05) is 5.32 Å². The molecule has 0 aromatic carbocycles. The number of aromatic nitrogens is 3. The summed E-state index contributed by atoms with van der Waals surface area (Å²) in [6.07, 6.45) is -8.67. The van der Waals surface area contributed by atoms with Gasteiger partial charge in [-0.2, -0.15) is 28.1 Å². The van der Waals surface area contributed by atoms with Crippen LogP contribution in [0, 0.1) is 0 Å². The maximum atomic E-state index is 13.9. The molecule has 0 amide bonds. The molecule has 2 atom stereocenters. The van der Waals surface area contributed by atoms with Crippen molar-refractivity contribution in [2.24, 2.45) is 0 Å². The summed E-state index contributed by atoms with van der Waals surface area (Å²) in [6.45, 7) is 0.796. The topological polar surface area (TPSA) is 97.0 Å². The highest BCUT2D eigenvalue weighted by Gasteiger charge is 2.46. The van der Waals surface area contributed by atoms with E-state index < -0.39 is 66.2 Å². The zero-order valence-electron chi connectivity index (χ0n) is 12.2. The minimum atomic E-state index is -4.60. The van der Waals surface area contributed by atoms with E-state index in [4.69, 9.17) is 5.73 Å². The van der Waals surface area contributed by atoms with Crippen LogP contribution in [0.3, 0.4) is 0 Å². The fraction of sp³-hybridized carbons (Fsp3) is 0.583. The highest BCUT2D eigenvalue weighted by Crippen LogP contribution is 2.40. The van der Waals surface area contributed by atoms with Crippen LogP contribution < -0.4 is 11.1 Å². The SMILES string of the molecule is C[C@@H](Nc1nc(N)nc(C2=C(F)[C@@H](O)C(F)(F)CC2)n1)C(F)(F)F. The van der Waals surface area contributed by atoms with Gasteiger partial charge in [0.25, 0.3) is 5.92 Å². The highest BCUT2D eigenvalue weighted by molar-refractivity contribution is 5.65. The van der Waals surface area contributed by atoms with Crippen LogP contribution in [0.5, 0.6) is 0 Å². The molecular weight excluding hydrogens is 344 g/mol. The van der Waals surface area contributed by atoms with Crippen molar-refractivity contribution >= 4 is 17.5 Å². The molecule has 0 saturated heterocycles. The average molecular weight is 357 g/mol. The lowest BCUT2D eigenvalue weighted by Crippen LogP contribution is -2.37. The predicted molar refractivity (Wildman–Crippen MR) is 71.6 cm³/mol. The van der Waals surface area contributed by atoms with Gasteiger partial charge in [-0.25, -0.2) is 13.2 Å². The van der Waals surface area contributed by atoms with E-state index in [2.05, 4.69) is 15.0 Å². The normalized spacial score (nSPS) is 22.4. The predicted octanol–water partition coefficient (Wildman–Crippen LogP) is 2.29. The second-order valence-electron chi connectivity index (χ2n) is 5.24. The Balaban J connectivity index is 2.37. The van der Waals surface area contributed by atoms with Crippen molar-refractivity contribution in [1.29, 1.82) is 0 Å². The van der Waals surface area contributed by atoms with Gasteiger partial charge in [0.15, 0.2) is 11.9 Å². The number of hydrogen-bond acceptors (Lipinski definition) is 6. The molecule has 24 heavy (non-hydrogen) atoms. The molecular formula is C12H13F6N5O. The summed E-state index contributed by atoms with van der Waals surface area (Å²) < 4.78 is 78.1. The minimum Gasteiger partial charge on any atom is -0.380 e. The van der Waals surface area contributed by atoms with Crippen molar-refractivity contribution in [3.05, 3.63) is 11.7 Å². The third kappa shape index (κ3) is 3.68. The molecule has 0 bridgehead atoms. The number of aliphatic hydroxyl groups excluding tert-OH is 1. The first kappa shape index (κ1) is 18.2. The Labute approximate surface area is 131 Å². The highest BCUT2D eigenvalue weighted by atomic mass is 19.4. The van der Waals surface area contributed by atoms with Crippen LogP contribution in [-0.2, 0) is 0 Å². The Hall–Kier alpha value is -2.11. The zero-order chi connectivity index (χ0) is 18.3. The van der Waals surface area contributed by atoms with E-state index in [1.165, 1.54) is 0 Å². The monoisotopic (exact) mass is 357 g/mol. The van der Waals surface area contributed by atoms with Crippen LogP contribution in [0.25, 0.3) is 5.57 Å². The second kappa shape index (κ2) is 6.07. The largest absolute Gasteiger partial charge is 0.408 e. The molecule has 4 N–H and O–H groups in total. The van der Waals surface area contributed by atoms with E-state index in [0.717, 1.165) is 6.92 Å². The third-order valence-corrected chi connectivity index (χ3v) is 3.40. The molecule has 1 aliphatic rings. The molecule has 2 rings (SSSR count). The minimum absolute atomic E-state index is 0.453. The van der Waals surface area contributed by atoms with Crippen molar-refractivity contribution in [3.63, 3.8) is 0 Å². The van der Waals surface area contributed by atoms with Gasteiger partial charge >= 0.3 is 6.18 Å². The summed E-state index contributed by atoms with van der Waals surface area (Å²) in [7, 11) is 0. The van der Waals surface area contributed by atoms with Gasteiger partial charge in [-0.1, -0.05) is 0 Å². The Morgan fingerprint density at radius 1 is 1.29 bits per heavy atom. The molecule has 1 aromatic rings. The smallest absolute Gasteiger partial charge is 0.380 e. The first-order valence-corrected chi connectivity index (χ1v) is 6.71. The van der Waals surface area contributed by atoms with Crippen LogP contribution in [0.2, 0.25) is 0 Å². The summed E-state index contributed by atoms with van der Waals surface area (Å²) in [5.41, 5.74) is 4.89. The van der Waals surface area contributed by atoms with E-state index >= 15 is 0 Å². The lowest BCUT2D eigenvalue weighted by Gasteiger charge is -2.27. The molecule has 0 unspecified atom stereocenters. The molecule has 0 spiro atoms. The van der Waals surface area contributed by atoms with Gasteiger partial charge in [-0.05, 0) is 13.3 Å². The molecule has 12 heteroatoms. The lowest BCUT2D eigenvalue weighted by molar-refractivity contribution is -0.138. The number of nitrogens with zero attached hydrogens (tertiary/aromatic N) is 3. The van der Waals surface area contributed by atoms with E-state index in [0.29, 0.717) is 0 Å². The van der Waals surface area contributed by atoms with Gasteiger partial charge in [0, 0.05) is 12.0 Å². The summed E-state index contributed by atoms with van der Waals surface area (Å²) in [4.78, 5) is 10.6. The van der Waals surface area contributed by atoms with Crippen LogP contribution in [0.4, 0.5) is 38.2 Å². The lowest BCUT2D eigenvalue weighted by atomic mass is 9.92. The number of anilines is 2. The van der Waals surface area contributed by atoms with Crippen LogP contribution >= 0.6 is 0 Å². The quantitative estimate of drug-likeness (QED) is 0.718. The number of nitrogens with two attached hydrogens (primary N) is 1. The number of rotatable bonds is 3. The number of aliphatic hydroxyl groups is 1. The zero-order valence-corrected chi connectivity index (χ0v) is 12.2. The third-order valence-electron chi connectivity index (χ3n) is 3.40. The molecule has 0 saturated carbocycles. The molecule has 1 aliphatic carbocycles. The Bertz CT molecular complexity index is 662. The standard InChI is InChI=1S/C12H13F6N5O/c1-4(12(16,17)18)20-10-22-8(21-9(19)23-10)5-2-3-11(14,15)7(24)6(5)13/h4,7,24H,2-3H2,1H3,(H3,19,20,21,22,23)/t4-,7-/m1/s1. The fourth-order valence-corrected chi connectivity index (χ4v) is 1.98. The van der Waals surface area contributed by atoms with Gasteiger partial charge in [0.2, 0.25) is 11.9 Å². The van der Waals surface area contributed by atoms with Crippen molar-refractivity contribution < 1.29 is 31.4 Å². The average Bonchev–Trinajstić information content (AvgIpc) is 2.43. The van der Waals surface area contributed by atoms with Crippen LogP contribution in [0.1, 0.15) is 25.6 Å². The molecule has 0 fully saturated rings. The number of hydrogen-bond donors (Lipinski definition) is 3. The first-order chi connectivity index (χ1) is 10.9. The van der Waals surface area contributed by atoms with Gasteiger partial charge in [0.1, 0.15) is 11.9 Å². The van der Waals surface area contributed by atoms with Gasteiger partial charge in [-0.3, -0.25) is 0 Å². The van der Waals surface area contributed by atoms with E-state index in [9.17, 15) is 31.4 Å². The molecule has 0 aliphatic heterocycles. The maximum Gasteiger partial charge on any atom is 0.408 e. The summed E-state index contributed by atoms with van der Waals surface area (Å²) in [6, 6.07) is -2.03. The number of nitrogens with one attached hydrogen (secondary N) is 1. The maximum absolute atomic E-state index is 13.9. The Kier molecular flexibility index (Phi) is 4.61. The molecule has 0 radical (unpaired) electrons. The summed E-state index contributed by atoms with van der Waals surface area (Å²) in [5, 5.41) is 11.2. The Morgan fingerprint density at radius 3 is 2.50 bits per heavy atom. The first-order valence-electron chi connectivity index (χ1n) is 6.71. The Morgan fingerprint density at radius 2 is 1.92 bits per heavy atom. The molecule has 134 valence electrons. The van der Waals surface area contributed by atoms with Crippen molar-refractivity contribution in [1.82, 2.24) is 15.0 Å². The number of allylic oxidation sites excluding steroid dienone is 1. The summed E-state index contributed by atoms with van der Waals surface area (Å²) in [5.74, 6) is -6.82. The number of alkyl halides is 5. The van der Waals surface area contributed by atoms with Crippen LogP contribution in [0.15, 0.2) is 5.83 Å². The van der Waals surface area contributed by atoms with E-state index in [1.54, 1.807) is 0 Å². The van der Waals surface area contributed by atoms with Crippen LogP contribution in [-0.4, -0.2) is 44.3 Å². The number of nitrogen functional groups attached to an aromatic ring is 1. The van der Waals surface area contributed by atoms with Crippen molar-refractivity contribution in [2.45, 2.75) is 44.0 Å². The van der Waals surface area contributed by atoms with Crippen molar-refractivity contribution in [2.75, 3.05) is 11.1 Å². The van der Waals surface area contributed by atoms with E-state index in [-0.39, 0.29) is 0 Å².